The predicted molar refractivity (Wildman–Crippen MR) is 85.0 cm³/mol. The minimum atomic E-state index is 0.504. The largest absolute Gasteiger partial charge is 0.379 e. The van der Waals surface area contributed by atoms with Crippen LogP contribution in [0.15, 0.2) is 30.3 Å². The van der Waals surface area contributed by atoms with Crippen LogP contribution in [0.3, 0.4) is 0 Å². The fourth-order valence-electron chi connectivity index (χ4n) is 1.75. The normalized spacial score (nSPS) is 10.6. The van der Waals surface area contributed by atoms with Crippen LogP contribution in [0.1, 0.15) is 11.1 Å². The van der Waals surface area contributed by atoms with Crippen LogP contribution in [0.4, 0.5) is 5.69 Å². The lowest BCUT2D eigenvalue weighted by Crippen LogP contribution is -2.02. The first-order valence-electron chi connectivity index (χ1n) is 5.61. The van der Waals surface area contributed by atoms with Crippen molar-refractivity contribution in [3.05, 3.63) is 61.5 Å². The number of benzene rings is 2. The van der Waals surface area contributed by atoms with Gasteiger partial charge < -0.3 is 5.32 Å². The van der Waals surface area contributed by atoms with Crippen LogP contribution in [0, 0.1) is 6.92 Å². The minimum Gasteiger partial charge on any atom is -0.379 e. The number of rotatable bonds is 3. The van der Waals surface area contributed by atoms with Crippen LogP contribution >= 0.6 is 46.4 Å². The van der Waals surface area contributed by atoms with Gasteiger partial charge >= 0.3 is 0 Å². The topological polar surface area (TPSA) is 12.0 Å². The fourth-order valence-corrected chi connectivity index (χ4v) is 2.93. The Bertz CT molecular complexity index is 587. The van der Waals surface area contributed by atoms with E-state index in [-0.39, 0.29) is 0 Å². The van der Waals surface area contributed by atoms with Crippen molar-refractivity contribution in [1.82, 2.24) is 0 Å². The molecule has 0 amide bonds. The van der Waals surface area contributed by atoms with Crippen LogP contribution < -0.4 is 5.32 Å². The molecule has 1 N–H and O–H groups in total. The van der Waals surface area contributed by atoms with Gasteiger partial charge in [-0.2, -0.15) is 0 Å². The Balaban J connectivity index is 2.19. The smallest absolute Gasteiger partial charge is 0.0722 e. The highest BCUT2D eigenvalue weighted by Crippen LogP contribution is 2.34. The first-order valence-corrected chi connectivity index (χ1v) is 7.12. The van der Waals surface area contributed by atoms with Crippen molar-refractivity contribution in [2.24, 2.45) is 0 Å². The standard InChI is InChI=1S/C14H11Cl4N/c1-8-4-10(15)3-2-9(8)7-19-14-12(17)5-11(16)6-13(14)18/h2-6,19H,7H2,1H3. The maximum absolute atomic E-state index is 6.11. The van der Waals surface area contributed by atoms with Gasteiger partial charge in [0, 0.05) is 16.6 Å². The third kappa shape index (κ3) is 3.70. The van der Waals surface area contributed by atoms with Crippen molar-refractivity contribution in [2.45, 2.75) is 13.5 Å². The molecule has 0 spiro atoms. The Morgan fingerprint density at radius 3 is 2.11 bits per heavy atom. The first-order chi connectivity index (χ1) is 8.97. The Morgan fingerprint density at radius 2 is 1.53 bits per heavy atom. The van der Waals surface area contributed by atoms with Gasteiger partial charge in [-0.3, -0.25) is 0 Å². The Hall–Kier alpha value is -0.600. The monoisotopic (exact) mass is 333 g/mol. The third-order valence-electron chi connectivity index (χ3n) is 2.77. The lowest BCUT2D eigenvalue weighted by Gasteiger charge is -2.12. The van der Waals surface area contributed by atoms with Crippen LogP contribution in [-0.4, -0.2) is 0 Å². The highest BCUT2D eigenvalue weighted by Gasteiger charge is 2.08. The van der Waals surface area contributed by atoms with Crippen LogP contribution in [0.25, 0.3) is 0 Å². The molecule has 100 valence electrons. The molecule has 0 atom stereocenters. The van der Waals surface area contributed by atoms with Gasteiger partial charge in [-0.15, -0.1) is 0 Å². The molecule has 2 aromatic carbocycles. The molecule has 1 nitrogen and oxygen atoms in total. The van der Waals surface area contributed by atoms with E-state index in [9.17, 15) is 0 Å². The van der Waals surface area contributed by atoms with Gasteiger partial charge in [-0.1, -0.05) is 52.5 Å². The number of halogens is 4. The lowest BCUT2D eigenvalue weighted by molar-refractivity contribution is 1.12. The molecule has 0 aliphatic heterocycles. The number of hydrogen-bond donors (Lipinski definition) is 1. The van der Waals surface area contributed by atoms with E-state index in [4.69, 9.17) is 46.4 Å². The molecule has 0 radical (unpaired) electrons. The molecule has 0 heterocycles. The summed E-state index contributed by atoms with van der Waals surface area (Å²) >= 11 is 24.0. The Morgan fingerprint density at radius 1 is 0.895 bits per heavy atom. The van der Waals surface area contributed by atoms with E-state index >= 15 is 0 Å². The summed E-state index contributed by atoms with van der Waals surface area (Å²) in [5, 5.41) is 5.47. The molecule has 0 aromatic heterocycles. The van der Waals surface area contributed by atoms with Crippen LogP contribution in [0.5, 0.6) is 0 Å². The van der Waals surface area contributed by atoms with Gasteiger partial charge in [-0.05, 0) is 42.3 Å². The van der Waals surface area contributed by atoms with Crippen molar-refractivity contribution in [1.29, 1.82) is 0 Å². The SMILES string of the molecule is Cc1cc(Cl)ccc1CNc1c(Cl)cc(Cl)cc1Cl. The lowest BCUT2D eigenvalue weighted by atomic mass is 10.1. The van der Waals surface area contributed by atoms with Gasteiger partial charge in [0.25, 0.3) is 0 Å². The second-order valence-electron chi connectivity index (χ2n) is 4.17. The molecule has 2 aromatic rings. The zero-order chi connectivity index (χ0) is 14.0. The maximum atomic E-state index is 6.11. The van der Waals surface area contributed by atoms with E-state index < -0.39 is 0 Å². The highest BCUT2D eigenvalue weighted by molar-refractivity contribution is 6.41. The molecule has 0 aliphatic rings. The zero-order valence-corrected chi connectivity index (χ0v) is 13.1. The molecule has 19 heavy (non-hydrogen) atoms. The molecule has 2 rings (SSSR count). The molecule has 0 bridgehead atoms. The van der Waals surface area contributed by atoms with E-state index in [2.05, 4.69) is 5.32 Å². The summed E-state index contributed by atoms with van der Waals surface area (Å²) in [6.07, 6.45) is 0. The summed E-state index contributed by atoms with van der Waals surface area (Å²) in [4.78, 5) is 0. The molecule has 0 saturated heterocycles. The summed E-state index contributed by atoms with van der Waals surface area (Å²) in [5.41, 5.74) is 2.93. The van der Waals surface area contributed by atoms with Gasteiger partial charge in [0.1, 0.15) is 0 Å². The summed E-state index contributed by atoms with van der Waals surface area (Å²) in [6, 6.07) is 9.07. The average molecular weight is 335 g/mol. The van der Waals surface area contributed by atoms with Crippen molar-refractivity contribution < 1.29 is 0 Å². The Labute approximate surface area is 132 Å². The second kappa shape index (κ2) is 6.23. The summed E-state index contributed by atoms with van der Waals surface area (Å²) < 4.78 is 0. The van der Waals surface area contributed by atoms with Gasteiger partial charge in [0.15, 0.2) is 0 Å². The van der Waals surface area contributed by atoms with Crippen LogP contribution in [0.2, 0.25) is 20.1 Å². The van der Waals surface area contributed by atoms with E-state index in [0.717, 1.165) is 16.1 Å². The van der Waals surface area contributed by atoms with E-state index in [1.165, 1.54) is 0 Å². The fraction of sp³-hybridized carbons (Fsp3) is 0.143. The van der Waals surface area contributed by atoms with E-state index in [1.807, 2.05) is 25.1 Å². The molecular formula is C14H11Cl4N. The maximum Gasteiger partial charge on any atom is 0.0722 e. The minimum absolute atomic E-state index is 0.504. The average Bonchev–Trinajstić information content (AvgIpc) is 2.30. The number of aryl methyl sites for hydroxylation is 1. The first kappa shape index (κ1) is 14.8. The molecular weight excluding hydrogens is 324 g/mol. The van der Waals surface area contributed by atoms with Gasteiger partial charge in [0.2, 0.25) is 0 Å². The van der Waals surface area contributed by atoms with Crippen molar-refractivity contribution in [3.8, 4) is 0 Å². The predicted octanol–water partition coefficient (Wildman–Crippen LogP) is 6.22. The summed E-state index contributed by atoms with van der Waals surface area (Å²) in [5.74, 6) is 0. The summed E-state index contributed by atoms with van der Waals surface area (Å²) in [6.45, 7) is 2.62. The van der Waals surface area contributed by atoms with Crippen molar-refractivity contribution in [2.75, 3.05) is 5.32 Å². The molecule has 0 fully saturated rings. The number of nitrogens with one attached hydrogen (secondary N) is 1. The molecule has 0 saturated carbocycles. The highest BCUT2D eigenvalue weighted by atomic mass is 35.5. The van der Waals surface area contributed by atoms with Gasteiger partial charge in [0.05, 0.1) is 15.7 Å². The zero-order valence-electron chi connectivity index (χ0n) is 10.1. The van der Waals surface area contributed by atoms with E-state index in [1.54, 1.807) is 12.1 Å². The quantitative estimate of drug-likeness (QED) is 0.702. The molecule has 0 aliphatic carbocycles. The number of hydrogen-bond acceptors (Lipinski definition) is 1. The number of anilines is 1. The Kier molecular flexibility index (Phi) is 4.86. The van der Waals surface area contributed by atoms with Crippen molar-refractivity contribution >= 4 is 52.1 Å². The third-order valence-corrected chi connectivity index (χ3v) is 3.82. The second-order valence-corrected chi connectivity index (χ2v) is 5.86. The van der Waals surface area contributed by atoms with E-state index in [0.29, 0.717) is 27.3 Å². The molecule has 5 heteroatoms. The van der Waals surface area contributed by atoms with Crippen molar-refractivity contribution in [3.63, 3.8) is 0 Å². The van der Waals surface area contributed by atoms with Gasteiger partial charge in [-0.25, -0.2) is 0 Å². The summed E-state index contributed by atoms with van der Waals surface area (Å²) in [7, 11) is 0. The molecule has 0 unspecified atom stereocenters. The van der Waals surface area contributed by atoms with Crippen LogP contribution in [-0.2, 0) is 6.54 Å².